The molecule has 0 saturated carbocycles. The summed E-state index contributed by atoms with van der Waals surface area (Å²) in [5.41, 5.74) is 1.47. The molecule has 1 aromatic heterocycles. The maximum atomic E-state index is 13.9. The molecule has 2 rings (SSSR count). The number of ether oxygens (including phenoxy) is 1. The summed E-state index contributed by atoms with van der Waals surface area (Å²) in [6.45, 7) is 3.80. The summed E-state index contributed by atoms with van der Waals surface area (Å²) in [6, 6.07) is 4.83. The Morgan fingerprint density at radius 2 is 2.26 bits per heavy atom. The molecule has 102 valence electrons. The van der Waals surface area contributed by atoms with Gasteiger partial charge in [-0.2, -0.15) is 0 Å². The molecule has 0 atom stereocenters. The molecule has 0 amide bonds. The molecule has 0 spiro atoms. The fourth-order valence-corrected chi connectivity index (χ4v) is 2.55. The largest absolute Gasteiger partial charge is 0.497 e. The number of benzene rings is 1. The fraction of sp³-hybridized carbons (Fsp3) is 0.357. The Hall–Kier alpha value is -1.46. The van der Waals surface area contributed by atoms with Gasteiger partial charge in [0.1, 0.15) is 16.6 Å². The van der Waals surface area contributed by atoms with Crippen molar-refractivity contribution in [3.63, 3.8) is 0 Å². The Morgan fingerprint density at radius 3 is 2.95 bits per heavy atom. The second-order valence-electron chi connectivity index (χ2n) is 4.17. The highest BCUT2D eigenvalue weighted by molar-refractivity contribution is 7.13. The van der Waals surface area contributed by atoms with Crippen LogP contribution < -0.4 is 10.1 Å². The molecule has 0 aliphatic heterocycles. The van der Waals surface area contributed by atoms with Gasteiger partial charge >= 0.3 is 0 Å². The van der Waals surface area contributed by atoms with Crippen molar-refractivity contribution in [1.82, 2.24) is 10.3 Å². The average molecular weight is 280 g/mol. The first kappa shape index (κ1) is 14.0. The van der Waals surface area contributed by atoms with Crippen molar-refractivity contribution in [3.05, 3.63) is 35.1 Å². The first-order valence-corrected chi connectivity index (χ1v) is 7.11. The van der Waals surface area contributed by atoms with Crippen LogP contribution in [0.3, 0.4) is 0 Å². The lowest BCUT2D eigenvalue weighted by molar-refractivity contribution is 0.411. The molecule has 3 nitrogen and oxygen atoms in total. The maximum absolute atomic E-state index is 13.9. The topological polar surface area (TPSA) is 34.1 Å². The van der Waals surface area contributed by atoms with Crippen LogP contribution in [0.2, 0.25) is 0 Å². The van der Waals surface area contributed by atoms with E-state index in [1.54, 1.807) is 12.1 Å². The average Bonchev–Trinajstić information content (AvgIpc) is 2.87. The molecule has 1 N–H and O–H groups in total. The highest BCUT2D eigenvalue weighted by atomic mass is 32.1. The summed E-state index contributed by atoms with van der Waals surface area (Å²) in [6.07, 6.45) is 1.09. The van der Waals surface area contributed by atoms with E-state index < -0.39 is 0 Å². The van der Waals surface area contributed by atoms with Crippen LogP contribution in [0.15, 0.2) is 23.6 Å². The summed E-state index contributed by atoms with van der Waals surface area (Å²) in [5.74, 6) is 0.212. The predicted octanol–water partition coefficient (Wildman–Crippen LogP) is 3.46. The first-order valence-electron chi connectivity index (χ1n) is 6.23. The van der Waals surface area contributed by atoms with Gasteiger partial charge in [-0.05, 0) is 25.1 Å². The second-order valence-corrected chi connectivity index (χ2v) is 5.02. The van der Waals surface area contributed by atoms with Crippen LogP contribution in [0.5, 0.6) is 5.75 Å². The zero-order chi connectivity index (χ0) is 13.7. The number of rotatable bonds is 6. The molecular formula is C14H17FN2OS. The molecule has 1 heterocycles. The number of hydrogen-bond acceptors (Lipinski definition) is 4. The number of methoxy groups -OCH3 is 1. The van der Waals surface area contributed by atoms with Crippen molar-refractivity contribution < 1.29 is 9.13 Å². The standard InChI is InChI=1S/C14H17FN2OS/c1-3-6-16-8-10-9-19-14(17-10)12-5-4-11(18-2)7-13(12)15/h4-5,7,9,16H,3,6,8H2,1-2H3. The molecule has 0 bridgehead atoms. The number of hydrogen-bond donors (Lipinski definition) is 1. The number of thiazole rings is 1. The summed E-state index contributed by atoms with van der Waals surface area (Å²) in [7, 11) is 1.52. The van der Waals surface area contributed by atoms with Gasteiger partial charge in [0.25, 0.3) is 0 Å². The van der Waals surface area contributed by atoms with Crippen molar-refractivity contribution >= 4 is 11.3 Å². The van der Waals surface area contributed by atoms with Gasteiger partial charge in [0.2, 0.25) is 0 Å². The van der Waals surface area contributed by atoms with Gasteiger partial charge in [-0.25, -0.2) is 9.37 Å². The van der Waals surface area contributed by atoms with E-state index in [1.165, 1.54) is 24.5 Å². The number of nitrogens with one attached hydrogen (secondary N) is 1. The third-order valence-corrected chi connectivity index (χ3v) is 3.62. The second kappa shape index (κ2) is 6.63. The number of halogens is 1. The van der Waals surface area contributed by atoms with E-state index in [2.05, 4.69) is 17.2 Å². The highest BCUT2D eigenvalue weighted by Gasteiger charge is 2.10. The van der Waals surface area contributed by atoms with Crippen molar-refractivity contribution in [3.8, 4) is 16.3 Å². The lowest BCUT2D eigenvalue weighted by atomic mass is 10.2. The molecule has 0 aliphatic carbocycles. The van der Waals surface area contributed by atoms with Crippen LogP contribution >= 0.6 is 11.3 Å². The monoisotopic (exact) mass is 280 g/mol. The van der Waals surface area contributed by atoms with E-state index >= 15 is 0 Å². The fourth-order valence-electron chi connectivity index (χ4n) is 1.70. The van der Waals surface area contributed by atoms with Gasteiger partial charge < -0.3 is 10.1 Å². The van der Waals surface area contributed by atoms with Gasteiger partial charge in [0.05, 0.1) is 12.8 Å². The zero-order valence-electron chi connectivity index (χ0n) is 11.1. The first-order chi connectivity index (χ1) is 9.24. The Bertz CT molecular complexity index is 542. The van der Waals surface area contributed by atoms with Crippen LogP contribution in [-0.2, 0) is 6.54 Å². The lowest BCUT2D eigenvalue weighted by Gasteiger charge is -2.03. The molecule has 0 aliphatic rings. The van der Waals surface area contributed by atoms with Crippen molar-refractivity contribution in [2.75, 3.05) is 13.7 Å². The molecule has 1 aromatic carbocycles. The van der Waals surface area contributed by atoms with Gasteiger partial charge in [0, 0.05) is 23.6 Å². The third kappa shape index (κ3) is 3.52. The van der Waals surface area contributed by atoms with Gasteiger partial charge in [-0.1, -0.05) is 6.92 Å². The molecule has 2 aromatic rings. The van der Waals surface area contributed by atoms with Crippen molar-refractivity contribution in [2.24, 2.45) is 0 Å². The number of aromatic nitrogens is 1. The van der Waals surface area contributed by atoms with Crippen LogP contribution in [0.4, 0.5) is 4.39 Å². The molecule has 19 heavy (non-hydrogen) atoms. The third-order valence-electron chi connectivity index (χ3n) is 2.69. The quantitative estimate of drug-likeness (QED) is 0.823. The SMILES string of the molecule is CCCNCc1csc(-c2ccc(OC)cc2F)n1. The number of nitrogens with zero attached hydrogens (tertiary/aromatic N) is 1. The predicted molar refractivity (Wildman–Crippen MR) is 76.1 cm³/mol. The Labute approximate surface area is 116 Å². The smallest absolute Gasteiger partial charge is 0.137 e. The van der Waals surface area contributed by atoms with E-state index in [1.807, 2.05) is 5.38 Å². The van der Waals surface area contributed by atoms with Crippen molar-refractivity contribution in [1.29, 1.82) is 0 Å². The van der Waals surface area contributed by atoms with E-state index in [4.69, 9.17) is 4.74 Å². The minimum Gasteiger partial charge on any atom is -0.497 e. The van der Waals surface area contributed by atoms with Crippen LogP contribution in [-0.4, -0.2) is 18.6 Å². The molecule has 0 saturated heterocycles. The lowest BCUT2D eigenvalue weighted by Crippen LogP contribution is -2.13. The molecule has 0 radical (unpaired) electrons. The van der Waals surface area contributed by atoms with Crippen molar-refractivity contribution in [2.45, 2.75) is 19.9 Å². The summed E-state index contributed by atoms with van der Waals surface area (Å²) in [4.78, 5) is 4.44. The molecule has 0 fully saturated rings. The van der Waals surface area contributed by atoms with E-state index in [0.29, 0.717) is 16.3 Å². The van der Waals surface area contributed by atoms with E-state index in [9.17, 15) is 4.39 Å². The molecular weight excluding hydrogens is 263 g/mol. The zero-order valence-corrected chi connectivity index (χ0v) is 11.9. The van der Waals surface area contributed by atoms with Gasteiger partial charge in [-0.15, -0.1) is 11.3 Å². The molecule has 0 unspecified atom stereocenters. The van der Waals surface area contributed by atoms with E-state index in [0.717, 1.165) is 25.2 Å². The summed E-state index contributed by atoms with van der Waals surface area (Å²) in [5, 5.41) is 5.94. The van der Waals surface area contributed by atoms with Gasteiger partial charge in [-0.3, -0.25) is 0 Å². The van der Waals surface area contributed by atoms with Crippen LogP contribution in [0.1, 0.15) is 19.0 Å². The van der Waals surface area contributed by atoms with E-state index in [-0.39, 0.29) is 5.82 Å². The minimum atomic E-state index is -0.304. The van der Waals surface area contributed by atoms with Crippen LogP contribution in [0.25, 0.3) is 10.6 Å². The minimum absolute atomic E-state index is 0.304. The Balaban J connectivity index is 2.13. The summed E-state index contributed by atoms with van der Waals surface area (Å²) >= 11 is 1.46. The Morgan fingerprint density at radius 1 is 1.42 bits per heavy atom. The Kier molecular flexibility index (Phi) is 4.87. The normalized spacial score (nSPS) is 10.7. The van der Waals surface area contributed by atoms with Crippen LogP contribution in [0, 0.1) is 5.82 Å². The summed E-state index contributed by atoms with van der Waals surface area (Å²) < 4.78 is 18.9. The highest BCUT2D eigenvalue weighted by Crippen LogP contribution is 2.28. The maximum Gasteiger partial charge on any atom is 0.137 e. The molecule has 5 heteroatoms. The van der Waals surface area contributed by atoms with Gasteiger partial charge in [0.15, 0.2) is 0 Å².